The largest absolute Gasteiger partial charge is 0.166 e. The third kappa shape index (κ3) is 2.09. The van der Waals surface area contributed by atoms with Gasteiger partial charge in [-0.2, -0.15) is 0 Å². The number of halogens is 12. The van der Waals surface area contributed by atoms with Crippen molar-refractivity contribution in [1.82, 2.24) is 0 Å². The molecule has 0 aromatic carbocycles. The van der Waals surface area contributed by atoms with Crippen LogP contribution in [0.2, 0.25) is 0 Å². The summed E-state index contributed by atoms with van der Waals surface area (Å²) in [4.78, 5) is -5.15. The molecule has 172 valence electrons. The normalized spacial score (nSPS) is 60.0. The van der Waals surface area contributed by atoms with Crippen molar-refractivity contribution in [3.05, 3.63) is 20.1 Å². The van der Waals surface area contributed by atoms with Crippen LogP contribution in [-0.4, -0.2) is 28.2 Å². The molecule has 0 nitrogen and oxygen atoms in total. The van der Waals surface area contributed by atoms with Gasteiger partial charge < -0.3 is 0 Å². The molecule has 4 saturated carbocycles. The van der Waals surface area contributed by atoms with Gasteiger partial charge in [-0.15, -0.1) is 46.4 Å². The molecule has 4 fully saturated rings. The van der Waals surface area contributed by atoms with Crippen molar-refractivity contribution in [3.63, 3.8) is 0 Å². The molecule has 0 amide bonds. The Kier molecular flexibility index (Phi) is 5.10. The quantitative estimate of drug-likeness (QED) is 0.226. The van der Waals surface area contributed by atoms with Crippen LogP contribution < -0.4 is 0 Å². The van der Waals surface area contributed by atoms with Gasteiger partial charge in [0.15, 0.2) is 8.67 Å². The van der Waals surface area contributed by atoms with Crippen LogP contribution in [-0.2, 0) is 0 Å². The van der Waals surface area contributed by atoms with E-state index in [1.54, 1.807) is 0 Å². The number of alkyl halides is 8. The van der Waals surface area contributed by atoms with E-state index >= 15 is 0 Å². The van der Waals surface area contributed by atoms with Gasteiger partial charge in [0.05, 0.1) is 20.1 Å². The highest BCUT2D eigenvalue weighted by Crippen LogP contribution is 2.84. The summed E-state index contributed by atoms with van der Waals surface area (Å²) in [5.41, 5.74) is 0. The van der Waals surface area contributed by atoms with Crippen molar-refractivity contribution in [2.75, 3.05) is 0 Å². The zero-order chi connectivity index (χ0) is 22.9. The second-order valence-electron chi connectivity index (χ2n) is 9.73. The number of hydrogen-bond acceptors (Lipinski definition) is 0. The van der Waals surface area contributed by atoms with Gasteiger partial charge in [-0.3, -0.25) is 0 Å². The van der Waals surface area contributed by atoms with Gasteiger partial charge in [-0.05, 0) is 54.8 Å². The third-order valence-corrected chi connectivity index (χ3v) is 17.8. The zero-order valence-corrected chi connectivity index (χ0v) is 24.2. The first kappa shape index (κ1) is 24.3. The van der Waals surface area contributed by atoms with Gasteiger partial charge >= 0.3 is 0 Å². The lowest BCUT2D eigenvalue weighted by Gasteiger charge is -2.47. The predicted octanol–water partition coefficient (Wildman–Crippen LogP) is 9.57. The van der Waals surface area contributed by atoms with Crippen molar-refractivity contribution in [2.24, 2.45) is 35.5 Å². The second kappa shape index (κ2) is 6.50. The van der Waals surface area contributed by atoms with Crippen LogP contribution >= 0.6 is 139 Å². The maximum absolute atomic E-state index is 7.15. The van der Waals surface area contributed by atoms with Gasteiger partial charge in [0.2, 0.25) is 0 Å². The van der Waals surface area contributed by atoms with Gasteiger partial charge in [-0.25, -0.2) is 0 Å². The van der Waals surface area contributed by atoms with Crippen molar-refractivity contribution < 1.29 is 0 Å². The summed E-state index contributed by atoms with van der Waals surface area (Å²) in [6.45, 7) is 0. The Hall–Kier alpha value is 2.96. The Balaban J connectivity index is 1.47. The molecule has 0 aromatic rings. The molecule has 0 radical (unpaired) electrons. The average Bonchev–Trinajstić information content (AvgIpc) is 3.25. The van der Waals surface area contributed by atoms with Gasteiger partial charge in [0.1, 0.15) is 19.5 Å². The Morgan fingerprint density at radius 2 is 0.839 bits per heavy atom. The molecule has 0 saturated heterocycles. The van der Waals surface area contributed by atoms with E-state index in [4.69, 9.17) is 139 Å². The minimum absolute atomic E-state index is 0.0578. The number of fused-ring (bicyclic) bond motifs is 12. The van der Waals surface area contributed by atoms with E-state index in [0.717, 1.165) is 0 Å². The molecule has 10 atom stereocenters. The van der Waals surface area contributed by atoms with E-state index < -0.39 is 28.2 Å². The van der Waals surface area contributed by atoms with Gasteiger partial charge in [-0.1, -0.05) is 92.8 Å². The molecule has 12 heteroatoms. The lowest BCUT2D eigenvalue weighted by molar-refractivity contribution is 0.102. The van der Waals surface area contributed by atoms with Crippen LogP contribution in [0.25, 0.3) is 0 Å². The summed E-state index contributed by atoms with van der Waals surface area (Å²) >= 11 is 81.9. The van der Waals surface area contributed by atoms with Crippen LogP contribution in [0, 0.1) is 35.5 Å². The molecule has 31 heavy (non-hydrogen) atoms. The molecular weight excluding hydrogens is 654 g/mol. The molecule has 0 spiro atoms. The summed E-state index contributed by atoms with van der Waals surface area (Å²) in [5, 5.41) is 0.876. The summed E-state index contributed by atoms with van der Waals surface area (Å²) in [7, 11) is 0. The topological polar surface area (TPSA) is 0 Å². The minimum atomic E-state index is -1.56. The van der Waals surface area contributed by atoms with Crippen LogP contribution in [0.1, 0.15) is 19.3 Å². The summed E-state index contributed by atoms with van der Waals surface area (Å²) in [6, 6.07) is 0. The summed E-state index contributed by atoms with van der Waals surface area (Å²) in [5.74, 6) is -0.486. The molecule has 0 N–H and O–H groups in total. The van der Waals surface area contributed by atoms with Crippen molar-refractivity contribution in [1.29, 1.82) is 0 Å². The third-order valence-electron chi connectivity index (χ3n) is 9.11. The van der Waals surface area contributed by atoms with Crippen LogP contribution in [0.3, 0.4) is 0 Å². The van der Waals surface area contributed by atoms with Crippen LogP contribution in [0.15, 0.2) is 20.1 Å². The molecule has 0 aliphatic heterocycles. The van der Waals surface area contributed by atoms with Crippen LogP contribution in [0.4, 0.5) is 0 Å². The zero-order valence-electron chi connectivity index (χ0n) is 15.1. The fourth-order valence-corrected chi connectivity index (χ4v) is 14.2. The first-order valence-corrected chi connectivity index (χ1v) is 14.2. The molecule has 6 rings (SSSR count). The number of allylic oxidation sites excluding steroid dienone is 4. The summed E-state index contributed by atoms with van der Waals surface area (Å²) in [6.07, 6.45) is 2.02. The van der Waals surface area contributed by atoms with E-state index in [9.17, 15) is 0 Å². The average molecular weight is 666 g/mol. The Bertz CT molecular complexity index is 982. The maximum Gasteiger partial charge on any atom is 0.166 e. The minimum Gasteiger partial charge on any atom is -0.109 e. The molecule has 6 aliphatic rings. The van der Waals surface area contributed by atoms with E-state index in [1.165, 1.54) is 0 Å². The Morgan fingerprint density at radius 3 is 1.35 bits per heavy atom. The highest BCUT2D eigenvalue weighted by Gasteiger charge is 2.87. The molecule has 6 aliphatic carbocycles. The summed E-state index contributed by atoms with van der Waals surface area (Å²) < 4.78 is -3.12. The lowest BCUT2D eigenvalue weighted by atomic mass is 9.62. The predicted molar refractivity (Wildman–Crippen MR) is 135 cm³/mol. The van der Waals surface area contributed by atoms with E-state index in [0.29, 0.717) is 19.3 Å². The SMILES string of the molecule is ClC1=C(Cl)[C@@]2(Cl)[C@@H]3C[C@@H]4C[C@@H]5[C@@H](C[C@@H]4[C@@H]3[C@@]1(Cl)C2(Cl)Cl)[C@@]1(Cl)C(Cl)=C(Cl)[C@]5(Cl)C1(Cl)Cl. The van der Waals surface area contributed by atoms with E-state index in [2.05, 4.69) is 0 Å². The van der Waals surface area contributed by atoms with Gasteiger partial charge in [0.25, 0.3) is 0 Å². The van der Waals surface area contributed by atoms with E-state index in [1.807, 2.05) is 0 Å². The molecule has 4 bridgehead atoms. The number of rotatable bonds is 0. The molecule has 0 unspecified atom stereocenters. The first-order valence-electron chi connectivity index (χ1n) is 9.71. The number of hydrogen-bond donors (Lipinski definition) is 0. The highest BCUT2D eigenvalue weighted by molar-refractivity contribution is 6.67. The second-order valence-corrected chi connectivity index (χ2v) is 16.3. The fourth-order valence-electron chi connectivity index (χ4n) is 7.92. The van der Waals surface area contributed by atoms with Crippen molar-refractivity contribution in [2.45, 2.75) is 47.4 Å². The van der Waals surface area contributed by atoms with Crippen LogP contribution in [0.5, 0.6) is 0 Å². The maximum atomic E-state index is 7.15. The van der Waals surface area contributed by atoms with Gasteiger partial charge in [0, 0.05) is 0 Å². The Labute approximate surface area is 240 Å². The molecular formula is C19H12Cl12. The monoisotopic (exact) mass is 660 g/mol. The molecule has 0 aromatic heterocycles. The standard InChI is InChI=1S/C19H12Cl12/c20-10-11(21)15(25)7-3-5-4(1-6(7)14(10,24)18(15,28)29)2-8-9(5)17(27)13(23)12(22)16(8,26)19(17,30)31/h4-9H,1-3H2/t4-,5-,6+,7+,8+,9-,14-,15+,16-,17-/m0/s1. The lowest BCUT2D eigenvalue weighted by Crippen LogP contribution is -2.49. The highest BCUT2D eigenvalue weighted by atomic mass is 35.5. The van der Waals surface area contributed by atoms with Crippen molar-refractivity contribution in [3.8, 4) is 0 Å². The fraction of sp³-hybridized carbons (Fsp3) is 0.789. The first-order chi connectivity index (χ1) is 14.1. The molecule has 0 heterocycles. The van der Waals surface area contributed by atoms with Crippen molar-refractivity contribution >= 4 is 139 Å². The smallest absolute Gasteiger partial charge is 0.109 e. The van der Waals surface area contributed by atoms with E-state index in [-0.39, 0.29) is 55.6 Å². The Morgan fingerprint density at radius 1 is 0.484 bits per heavy atom.